The fourth-order valence-corrected chi connectivity index (χ4v) is 3.51. The van der Waals surface area contributed by atoms with Crippen LogP contribution in [0.2, 0.25) is 0 Å². The van der Waals surface area contributed by atoms with E-state index in [0.717, 1.165) is 24.3 Å². The molecule has 0 N–H and O–H groups in total. The van der Waals surface area contributed by atoms with Gasteiger partial charge < -0.3 is 4.90 Å². The quantitative estimate of drug-likeness (QED) is 0.274. The molecule has 0 spiro atoms. The number of carbonyl (C=O) groups excluding carboxylic acids is 2. The molecule has 0 atom stereocenters. The first kappa shape index (κ1) is 24.9. The summed E-state index contributed by atoms with van der Waals surface area (Å²) in [6, 6.07) is 6.24. The number of rotatable bonds is 5. The van der Waals surface area contributed by atoms with E-state index >= 15 is 0 Å². The fraction of sp³-hybridized carbons (Fsp3) is 0.167. The number of amides is 1. The van der Waals surface area contributed by atoms with Crippen molar-refractivity contribution >= 4 is 35.2 Å². The summed E-state index contributed by atoms with van der Waals surface area (Å²) in [5.41, 5.74) is -0.955. The van der Waals surface area contributed by atoms with Gasteiger partial charge in [0.25, 0.3) is 0 Å². The second-order valence-electron chi connectivity index (χ2n) is 7.55. The van der Waals surface area contributed by atoms with E-state index in [9.17, 15) is 38.6 Å². The van der Waals surface area contributed by atoms with Gasteiger partial charge in [-0.1, -0.05) is 18.1 Å². The van der Waals surface area contributed by atoms with Gasteiger partial charge in [-0.2, -0.15) is 8.78 Å². The summed E-state index contributed by atoms with van der Waals surface area (Å²) in [5, 5.41) is 22.1. The van der Waals surface area contributed by atoms with E-state index in [1.54, 1.807) is 0 Å². The number of nitro benzene ring substituents is 2. The van der Waals surface area contributed by atoms with E-state index in [1.165, 1.54) is 29.2 Å². The zero-order valence-electron chi connectivity index (χ0n) is 18.1. The highest BCUT2D eigenvalue weighted by Gasteiger charge is 2.26. The molecule has 0 unspecified atom stereocenters. The van der Waals surface area contributed by atoms with Gasteiger partial charge in [0.2, 0.25) is 17.5 Å². The number of hydrogen-bond acceptors (Lipinski definition) is 6. The summed E-state index contributed by atoms with van der Waals surface area (Å²) in [7, 11) is 0. The van der Waals surface area contributed by atoms with Gasteiger partial charge in [0.15, 0.2) is 5.78 Å². The fourth-order valence-electron chi connectivity index (χ4n) is 3.51. The van der Waals surface area contributed by atoms with E-state index in [-0.39, 0.29) is 48.2 Å². The highest BCUT2D eigenvalue weighted by atomic mass is 19.1. The largest absolute Gasteiger partial charge is 0.337 e. The Balaban J connectivity index is 2.08. The molecule has 11 heteroatoms. The summed E-state index contributed by atoms with van der Waals surface area (Å²) in [6.07, 6.45) is 7.73. The van der Waals surface area contributed by atoms with Gasteiger partial charge >= 0.3 is 11.4 Å². The highest BCUT2D eigenvalue weighted by Crippen LogP contribution is 2.26. The van der Waals surface area contributed by atoms with Crippen molar-refractivity contribution in [1.29, 1.82) is 0 Å². The molecule has 0 saturated carbocycles. The number of nitro groups is 2. The van der Waals surface area contributed by atoms with Crippen LogP contribution in [0.15, 0.2) is 47.5 Å². The van der Waals surface area contributed by atoms with Crippen molar-refractivity contribution < 1.29 is 28.2 Å². The van der Waals surface area contributed by atoms with Crippen LogP contribution < -0.4 is 0 Å². The maximum absolute atomic E-state index is 13.7. The molecule has 2 aromatic carbocycles. The lowest BCUT2D eigenvalue weighted by atomic mass is 9.98. The summed E-state index contributed by atoms with van der Waals surface area (Å²) >= 11 is 0. The van der Waals surface area contributed by atoms with E-state index < -0.39 is 44.5 Å². The average Bonchev–Trinajstić information content (AvgIpc) is 2.95. The number of halogens is 2. The summed E-state index contributed by atoms with van der Waals surface area (Å²) in [5.74, 6) is -0.796. The lowest BCUT2D eigenvalue weighted by Gasteiger charge is -2.19. The Labute approximate surface area is 197 Å². The molecule has 1 aliphatic heterocycles. The van der Waals surface area contributed by atoms with Crippen LogP contribution >= 0.6 is 0 Å². The third-order valence-electron chi connectivity index (χ3n) is 5.22. The Morgan fingerprint density at radius 2 is 1.51 bits per heavy atom. The lowest BCUT2D eigenvalue weighted by Crippen LogP contribution is -2.32. The van der Waals surface area contributed by atoms with Crippen molar-refractivity contribution in [3.05, 3.63) is 90.5 Å². The molecule has 1 amide bonds. The molecule has 178 valence electrons. The topological polar surface area (TPSA) is 124 Å². The molecular weight excluding hydrogens is 464 g/mol. The van der Waals surface area contributed by atoms with Crippen LogP contribution in [-0.4, -0.2) is 39.5 Å². The minimum absolute atomic E-state index is 0.0663. The Kier molecular flexibility index (Phi) is 7.46. The Morgan fingerprint density at radius 3 is 2.00 bits per heavy atom. The second kappa shape index (κ2) is 10.5. The number of nitrogens with zero attached hydrogens (tertiary/aromatic N) is 3. The first-order valence-electron chi connectivity index (χ1n) is 10.2. The molecule has 1 aliphatic rings. The van der Waals surface area contributed by atoms with Crippen molar-refractivity contribution in [3.63, 3.8) is 0 Å². The van der Waals surface area contributed by atoms with Gasteiger partial charge in [0.05, 0.1) is 16.3 Å². The molecule has 35 heavy (non-hydrogen) atoms. The summed E-state index contributed by atoms with van der Waals surface area (Å²) in [6.45, 7) is -0.0618. The van der Waals surface area contributed by atoms with Gasteiger partial charge in [-0.15, -0.1) is 6.42 Å². The van der Waals surface area contributed by atoms with Crippen LogP contribution in [-0.2, 0) is 9.59 Å². The third-order valence-corrected chi connectivity index (χ3v) is 5.22. The minimum Gasteiger partial charge on any atom is -0.337 e. The van der Waals surface area contributed by atoms with Crippen molar-refractivity contribution in [1.82, 2.24) is 4.90 Å². The number of Topliss-reactive ketones (excluding diaryl/α,β-unsaturated/α-hetero) is 1. The molecule has 1 saturated heterocycles. The van der Waals surface area contributed by atoms with E-state index in [1.807, 2.05) is 0 Å². The predicted octanol–water partition coefficient (Wildman–Crippen LogP) is 4.07. The number of benzene rings is 2. The van der Waals surface area contributed by atoms with Crippen LogP contribution in [0, 0.1) is 44.2 Å². The van der Waals surface area contributed by atoms with Gasteiger partial charge in [-0.05, 0) is 41.8 Å². The number of ketones is 1. The molecule has 0 radical (unpaired) electrons. The number of likely N-dealkylation sites (tertiary alicyclic amines) is 1. The van der Waals surface area contributed by atoms with Crippen molar-refractivity contribution in [2.45, 2.75) is 12.8 Å². The van der Waals surface area contributed by atoms with Crippen molar-refractivity contribution in [2.75, 3.05) is 13.1 Å². The maximum atomic E-state index is 13.7. The summed E-state index contributed by atoms with van der Waals surface area (Å²) in [4.78, 5) is 47.4. The number of terminal acetylenes is 1. The Bertz CT molecular complexity index is 1340. The molecule has 9 nitrogen and oxygen atoms in total. The van der Waals surface area contributed by atoms with Crippen LogP contribution in [0.4, 0.5) is 20.2 Å². The van der Waals surface area contributed by atoms with Gasteiger partial charge in [0, 0.05) is 36.4 Å². The van der Waals surface area contributed by atoms with Crippen LogP contribution in [0.3, 0.4) is 0 Å². The third kappa shape index (κ3) is 5.80. The molecule has 0 aliphatic carbocycles. The van der Waals surface area contributed by atoms with Gasteiger partial charge in [-0.25, -0.2) is 0 Å². The average molecular weight is 481 g/mol. The van der Waals surface area contributed by atoms with E-state index in [4.69, 9.17) is 6.42 Å². The lowest BCUT2D eigenvalue weighted by molar-refractivity contribution is -0.387. The number of carbonyl (C=O) groups is 2. The van der Waals surface area contributed by atoms with Crippen LogP contribution in [0.25, 0.3) is 12.2 Å². The van der Waals surface area contributed by atoms with Crippen molar-refractivity contribution in [2.24, 2.45) is 0 Å². The monoisotopic (exact) mass is 481 g/mol. The smallest absolute Gasteiger partial charge is 0.305 e. The van der Waals surface area contributed by atoms with Crippen LogP contribution in [0.5, 0.6) is 0 Å². The second-order valence-corrected chi connectivity index (χ2v) is 7.55. The zero-order valence-corrected chi connectivity index (χ0v) is 18.1. The van der Waals surface area contributed by atoms with E-state index in [0.29, 0.717) is 0 Å². The first-order valence-corrected chi connectivity index (χ1v) is 10.2. The Morgan fingerprint density at radius 1 is 1.00 bits per heavy atom. The number of hydrogen-bond donors (Lipinski definition) is 0. The molecule has 0 bridgehead atoms. The molecule has 3 rings (SSSR count). The van der Waals surface area contributed by atoms with Crippen molar-refractivity contribution in [3.8, 4) is 12.3 Å². The maximum Gasteiger partial charge on any atom is 0.305 e. The molecule has 1 heterocycles. The normalized spacial score (nSPS) is 16.1. The molecular formula is C24H17F2N3O6. The molecule has 2 aromatic rings. The summed E-state index contributed by atoms with van der Waals surface area (Å²) < 4.78 is 27.4. The van der Waals surface area contributed by atoms with Gasteiger partial charge in [0.1, 0.15) is 0 Å². The standard InChI is InChI=1S/C24H17F2N3O6/c1-2-3-23(30)27-9-8-17(10-15-4-6-19(25)21(12-15)28(32)33)24(31)18(14-27)11-16-5-7-20(26)22(13-16)29(34)35/h1,4-7,10-13H,3,8-9,14H2/b17-10+,18-11+. The SMILES string of the molecule is C#CCC(=O)N1CC/C(=C\c2ccc(F)c([N+](=O)[O-])c2)C(=O)/C(=C/c2ccc(F)c([N+](=O)[O-])c2)C1. The highest BCUT2D eigenvalue weighted by molar-refractivity contribution is 6.14. The van der Waals surface area contributed by atoms with E-state index in [2.05, 4.69) is 5.92 Å². The predicted molar refractivity (Wildman–Crippen MR) is 122 cm³/mol. The first-order chi connectivity index (χ1) is 16.6. The zero-order chi connectivity index (χ0) is 25.7. The van der Waals surface area contributed by atoms with Crippen LogP contribution in [0.1, 0.15) is 24.0 Å². The Hall–Kier alpha value is -4.72. The molecule has 0 aromatic heterocycles. The minimum atomic E-state index is -1.05. The molecule has 1 fully saturated rings. The van der Waals surface area contributed by atoms with Gasteiger partial charge in [-0.3, -0.25) is 29.8 Å².